The molecule has 0 aromatic carbocycles. The third kappa shape index (κ3) is 4.21. The van der Waals surface area contributed by atoms with Crippen LogP contribution in [0.2, 0.25) is 0 Å². The number of ether oxygens (including phenoxy) is 1. The smallest absolute Gasteiger partial charge is 0.422 e. The second-order valence-electron chi connectivity index (χ2n) is 7.36. The standard InChI is InChI=1S/C20H18F3N5O4/c1-10-5-14(26-18(10)32-8-20(21,22)23)11(2)28-6-13-12(19(28)30)3-4-24-16(13)27-17(29)15-7-31-9-25-15/h3-5,7,9,11,26H,6,8H2,1-2H3,(H,24,27,29)/p+1. The zero-order chi connectivity index (χ0) is 23.0. The minimum atomic E-state index is -4.44. The summed E-state index contributed by atoms with van der Waals surface area (Å²) in [7, 11) is 0. The number of fused-ring (bicyclic) bond motifs is 1. The summed E-state index contributed by atoms with van der Waals surface area (Å²) >= 11 is 0. The van der Waals surface area contributed by atoms with Gasteiger partial charge in [0.25, 0.3) is 17.7 Å². The fourth-order valence-corrected chi connectivity index (χ4v) is 3.53. The van der Waals surface area contributed by atoms with E-state index in [9.17, 15) is 22.8 Å². The zero-order valence-electron chi connectivity index (χ0n) is 17.1. The maximum atomic E-state index is 13.0. The Bertz CT molecular complexity index is 1120. The highest BCUT2D eigenvalue weighted by atomic mass is 19.4. The van der Waals surface area contributed by atoms with E-state index in [2.05, 4.69) is 15.3 Å². The van der Waals surface area contributed by atoms with E-state index in [0.717, 1.165) is 6.39 Å². The molecule has 2 aliphatic heterocycles. The molecular weight excluding hydrogens is 431 g/mol. The maximum absolute atomic E-state index is 13.0. The van der Waals surface area contributed by atoms with Gasteiger partial charge in [-0.1, -0.05) is 0 Å². The van der Waals surface area contributed by atoms with E-state index in [1.165, 1.54) is 17.8 Å². The summed E-state index contributed by atoms with van der Waals surface area (Å²) in [5, 5.41) is 4.14. The van der Waals surface area contributed by atoms with E-state index in [-0.39, 0.29) is 29.8 Å². The second kappa shape index (κ2) is 8.11. The number of alkyl halides is 3. The Labute approximate surface area is 180 Å². The normalized spacial score (nSPS) is 16.8. The molecule has 3 N–H and O–H groups in total. The van der Waals surface area contributed by atoms with Crippen molar-refractivity contribution < 1.29 is 37.2 Å². The molecule has 1 atom stereocenters. The summed E-state index contributed by atoms with van der Waals surface area (Å²) in [4.78, 5) is 34.8. The molecule has 32 heavy (non-hydrogen) atoms. The van der Waals surface area contributed by atoms with Crippen LogP contribution in [0.15, 0.2) is 52.6 Å². The Balaban J connectivity index is 1.47. The number of pyridine rings is 1. The molecule has 4 rings (SSSR count). The molecule has 2 aromatic heterocycles. The molecule has 168 valence electrons. The highest BCUT2D eigenvalue weighted by molar-refractivity contribution is 6.05. The molecule has 12 heteroatoms. The van der Waals surface area contributed by atoms with E-state index < -0.39 is 24.7 Å². The van der Waals surface area contributed by atoms with Gasteiger partial charge < -0.3 is 19.4 Å². The van der Waals surface area contributed by atoms with Gasteiger partial charge in [0.2, 0.25) is 0 Å². The summed E-state index contributed by atoms with van der Waals surface area (Å²) in [5.41, 5.74) is 2.18. The monoisotopic (exact) mass is 450 g/mol. The number of quaternary nitrogens is 1. The van der Waals surface area contributed by atoms with Gasteiger partial charge in [-0.15, -0.1) is 0 Å². The number of nitrogens with one attached hydrogen (secondary N) is 1. The number of hydrogen-bond donors (Lipinski definition) is 2. The molecule has 0 aliphatic carbocycles. The van der Waals surface area contributed by atoms with Crippen molar-refractivity contribution in [3.63, 3.8) is 0 Å². The van der Waals surface area contributed by atoms with Gasteiger partial charge in [-0.05, 0) is 19.9 Å². The van der Waals surface area contributed by atoms with Crippen molar-refractivity contribution in [3.8, 4) is 0 Å². The van der Waals surface area contributed by atoms with E-state index in [4.69, 9.17) is 9.15 Å². The zero-order valence-corrected chi connectivity index (χ0v) is 17.1. The average molecular weight is 450 g/mol. The van der Waals surface area contributed by atoms with Crippen molar-refractivity contribution in [1.82, 2.24) is 14.9 Å². The minimum absolute atomic E-state index is 0.0672. The number of anilines is 1. The number of aromatic nitrogens is 2. The van der Waals surface area contributed by atoms with E-state index in [0.29, 0.717) is 22.4 Å². The minimum Gasteiger partial charge on any atom is -0.451 e. The van der Waals surface area contributed by atoms with Crippen LogP contribution in [0.3, 0.4) is 0 Å². The van der Waals surface area contributed by atoms with Crippen LogP contribution in [0.5, 0.6) is 0 Å². The molecule has 9 nitrogen and oxygen atoms in total. The molecule has 1 unspecified atom stereocenters. The predicted octanol–water partition coefficient (Wildman–Crippen LogP) is 1.94. The summed E-state index contributed by atoms with van der Waals surface area (Å²) < 4.78 is 47.1. The molecule has 0 saturated heterocycles. The van der Waals surface area contributed by atoms with Crippen molar-refractivity contribution in [2.45, 2.75) is 32.6 Å². The lowest BCUT2D eigenvalue weighted by Crippen LogP contribution is -2.81. The van der Waals surface area contributed by atoms with Gasteiger partial charge in [0, 0.05) is 23.4 Å². The highest BCUT2D eigenvalue weighted by Crippen LogP contribution is 2.31. The molecule has 0 radical (unpaired) electrons. The van der Waals surface area contributed by atoms with Gasteiger partial charge in [-0.25, -0.2) is 9.97 Å². The lowest BCUT2D eigenvalue weighted by Gasteiger charge is -2.23. The first-order valence-electron chi connectivity index (χ1n) is 9.59. The first kappa shape index (κ1) is 21.6. The summed E-state index contributed by atoms with van der Waals surface area (Å²) in [6.45, 7) is 2.19. The Hall–Kier alpha value is -3.67. The molecule has 0 spiro atoms. The second-order valence-corrected chi connectivity index (χ2v) is 7.36. The van der Waals surface area contributed by atoms with Crippen LogP contribution in [-0.2, 0) is 11.3 Å². The molecule has 2 aliphatic rings. The number of amides is 2. The van der Waals surface area contributed by atoms with Gasteiger partial charge >= 0.3 is 6.18 Å². The number of nitrogens with two attached hydrogens (primary N) is 1. The molecular formula is C20H19F3N5O4+. The van der Waals surface area contributed by atoms with Crippen molar-refractivity contribution in [3.05, 3.63) is 65.0 Å². The summed E-state index contributed by atoms with van der Waals surface area (Å²) in [6, 6.07) is 1.11. The van der Waals surface area contributed by atoms with Gasteiger partial charge in [-0.2, -0.15) is 13.2 Å². The highest BCUT2D eigenvalue weighted by Gasteiger charge is 2.38. The summed E-state index contributed by atoms with van der Waals surface area (Å²) in [6.07, 6.45) is 0.979. The first-order valence-corrected chi connectivity index (χ1v) is 9.59. The van der Waals surface area contributed by atoms with Gasteiger partial charge in [0.1, 0.15) is 23.8 Å². The Morgan fingerprint density at radius 2 is 2.19 bits per heavy atom. The fourth-order valence-electron chi connectivity index (χ4n) is 3.53. The first-order chi connectivity index (χ1) is 15.1. The molecule has 2 aromatic rings. The Kier molecular flexibility index (Phi) is 5.46. The maximum Gasteiger partial charge on any atom is 0.422 e. The molecule has 4 heterocycles. The average Bonchev–Trinajstić information content (AvgIpc) is 3.46. The number of carbonyl (C=O) groups is 2. The van der Waals surface area contributed by atoms with Crippen LogP contribution >= 0.6 is 0 Å². The van der Waals surface area contributed by atoms with Crippen molar-refractivity contribution in [2.24, 2.45) is 0 Å². The largest absolute Gasteiger partial charge is 0.451 e. The lowest BCUT2D eigenvalue weighted by atomic mass is 10.1. The van der Waals surface area contributed by atoms with Crippen molar-refractivity contribution >= 4 is 17.6 Å². The van der Waals surface area contributed by atoms with Crippen LogP contribution in [0.1, 0.15) is 40.3 Å². The van der Waals surface area contributed by atoms with Crippen LogP contribution in [0.4, 0.5) is 19.0 Å². The number of carbonyl (C=O) groups excluding carboxylic acids is 2. The lowest BCUT2D eigenvalue weighted by molar-refractivity contribution is -0.587. The summed E-state index contributed by atoms with van der Waals surface area (Å²) in [5.74, 6) is -0.456. The number of hydrogen-bond acceptors (Lipinski definition) is 6. The number of halogens is 3. The van der Waals surface area contributed by atoms with Crippen molar-refractivity contribution in [2.75, 3.05) is 11.9 Å². The predicted molar refractivity (Wildman–Crippen MR) is 103 cm³/mol. The topological polar surface area (TPSA) is 114 Å². The molecule has 0 fully saturated rings. The van der Waals surface area contributed by atoms with Gasteiger partial charge in [-0.3, -0.25) is 14.9 Å². The van der Waals surface area contributed by atoms with Crippen molar-refractivity contribution in [1.29, 1.82) is 0 Å². The van der Waals surface area contributed by atoms with Crippen LogP contribution in [0.25, 0.3) is 0 Å². The van der Waals surface area contributed by atoms with Crippen LogP contribution in [0, 0.1) is 0 Å². The van der Waals surface area contributed by atoms with Crippen LogP contribution < -0.4 is 10.6 Å². The molecule has 0 saturated carbocycles. The SMILES string of the molecule is CC1=C(OCC(F)(F)F)[NH2+]C(C(C)N2Cc3c(ccnc3NC(=O)c3cocn3)C2=O)=C1. The quantitative estimate of drug-likeness (QED) is 0.695. The number of nitrogens with zero attached hydrogens (tertiary/aromatic N) is 3. The Morgan fingerprint density at radius 3 is 2.88 bits per heavy atom. The van der Waals surface area contributed by atoms with E-state index >= 15 is 0 Å². The van der Waals surface area contributed by atoms with Gasteiger partial charge in [0.15, 0.2) is 18.7 Å². The van der Waals surface area contributed by atoms with Crippen LogP contribution in [-0.4, -0.2) is 45.5 Å². The third-order valence-corrected chi connectivity index (χ3v) is 5.18. The Morgan fingerprint density at radius 1 is 1.41 bits per heavy atom. The number of rotatable bonds is 6. The van der Waals surface area contributed by atoms with E-state index in [1.807, 2.05) is 0 Å². The van der Waals surface area contributed by atoms with E-state index in [1.54, 1.807) is 30.9 Å². The number of allylic oxidation sites excluding steroid dienone is 2. The fraction of sp³-hybridized carbons (Fsp3) is 0.300. The number of oxazole rings is 1. The molecule has 2 amide bonds. The molecule has 0 bridgehead atoms. The third-order valence-electron chi connectivity index (χ3n) is 5.18. The van der Waals surface area contributed by atoms with Gasteiger partial charge in [0.05, 0.1) is 12.1 Å².